The molecule has 19 heavy (non-hydrogen) atoms. The number of nitrogens with zero attached hydrogens (tertiary/aromatic N) is 1. The van der Waals surface area contributed by atoms with Gasteiger partial charge in [0, 0.05) is 11.8 Å². The summed E-state index contributed by atoms with van der Waals surface area (Å²) in [5, 5.41) is 0. The summed E-state index contributed by atoms with van der Waals surface area (Å²) in [6, 6.07) is 12.0. The van der Waals surface area contributed by atoms with Gasteiger partial charge in [0.25, 0.3) is 5.56 Å². The fourth-order valence-corrected chi connectivity index (χ4v) is 2.87. The third kappa shape index (κ3) is 1.99. The zero-order valence-corrected chi connectivity index (χ0v) is 11.1. The first kappa shape index (κ1) is 12.2. The van der Waals surface area contributed by atoms with E-state index in [4.69, 9.17) is 0 Å². The maximum absolute atomic E-state index is 11.8. The predicted molar refractivity (Wildman–Crippen MR) is 75.3 cm³/mol. The lowest BCUT2D eigenvalue weighted by Gasteiger charge is -2.41. The molecule has 98 valence electrons. The van der Waals surface area contributed by atoms with Crippen LogP contribution < -0.4 is 5.56 Å². The number of nitrogens with one attached hydrogen (secondary N) is 1. The third-order valence-electron chi connectivity index (χ3n) is 4.14. The summed E-state index contributed by atoms with van der Waals surface area (Å²) in [6.45, 7) is 2.03. The van der Waals surface area contributed by atoms with Crippen LogP contribution >= 0.6 is 0 Å². The summed E-state index contributed by atoms with van der Waals surface area (Å²) in [5.74, 6) is 0.842. The molecule has 3 heteroatoms. The number of aromatic amines is 1. The first-order valence-corrected chi connectivity index (χ1v) is 6.91. The standard InChI is InChI=1S/C16H18N2O/c1-2-13-11-14(19)18-15(17-13)16(9-6-10-16)12-7-4-3-5-8-12/h3-5,7-8,11H,2,6,9-10H2,1H3,(H,17,18,19). The van der Waals surface area contributed by atoms with E-state index in [0.29, 0.717) is 0 Å². The van der Waals surface area contributed by atoms with Crippen LogP contribution in [0.15, 0.2) is 41.2 Å². The van der Waals surface area contributed by atoms with E-state index < -0.39 is 0 Å². The molecule has 0 aliphatic heterocycles. The Kier molecular flexibility index (Phi) is 2.97. The van der Waals surface area contributed by atoms with Gasteiger partial charge in [-0.3, -0.25) is 4.79 Å². The van der Waals surface area contributed by atoms with Crippen molar-refractivity contribution in [3.63, 3.8) is 0 Å². The second-order valence-electron chi connectivity index (χ2n) is 5.24. The molecule has 0 saturated heterocycles. The summed E-state index contributed by atoms with van der Waals surface area (Å²) < 4.78 is 0. The van der Waals surface area contributed by atoms with E-state index in [1.165, 1.54) is 12.0 Å². The summed E-state index contributed by atoms with van der Waals surface area (Å²) in [4.78, 5) is 19.4. The van der Waals surface area contributed by atoms with E-state index in [1.807, 2.05) is 13.0 Å². The molecular weight excluding hydrogens is 236 g/mol. The molecule has 1 aliphatic rings. The summed E-state index contributed by atoms with van der Waals surface area (Å²) in [5.41, 5.74) is 2.02. The normalized spacial score (nSPS) is 16.9. The predicted octanol–water partition coefficient (Wildman–Crippen LogP) is 2.80. The Balaban J connectivity index is 2.13. The van der Waals surface area contributed by atoms with Crippen molar-refractivity contribution in [2.45, 2.75) is 38.0 Å². The van der Waals surface area contributed by atoms with Crippen molar-refractivity contribution in [2.24, 2.45) is 0 Å². The number of aromatic nitrogens is 2. The van der Waals surface area contributed by atoms with Crippen LogP contribution in [0.1, 0.15) is 43.3 Å². The Hall–Kier alpha value is -1.90. The molecule has 1 aromatic carbocycles. The Morgan fingerprint density at radius 1 is 1.26 bits per heavy atom. The van der Waals surface area contributed by atoms with E-state index in [-0.39, 0.29) is 11.0 Å². The van der Waals surface area contributed by atoms with Gasteiger partial charge in [0.05, 0.1) is 5.41 Å². The molecule has 1 saturated carbocycles. The quantitative estimate of drug-likeness (QED) is 0.915. The van der Waals surface area contributed by atoms with E-state index in [2.05, 4.69) is 34.2 Å². The van der Waals surface area contributed by atoms with Gasteiger partial charge in [-0.05, 0) is 24.8 Å². The number of aryl methyl sites for hydroxylation is 1. The summed E-state index contributed by atoms with van der Waals surface area (Å²) in [6.07, 6.45) is 4.11. The first-order chi connectivity index (χ1) is 9.24. The molecule has 1 heterocycles. The molecular formula is C16H18N2O. The lowest BCUT2D eigenvalue weighted by molar-refractivity contribution is 0.284. The van der Waals surface area contributed by atoms with Gasteiger partial charge in [-0.25, -0.2) is 4.98 Å². The maximum atomic E-state index is 11.8. The second-order valence-corrected chi connectivity index (χ2v) is 5.24. The van der Waals surface area contributed by atoms with Gasteiger partial charge in [-0.1, -0.05) is 43.7 Å². The minimum Gasteiger partial charge on any atom is -0.310 e. The highest BCUT2D eigenvalue weighted by molar-refractivity contribution is 5.35. The van der Waals surface area contributed by atoms with Gasteiger partial charge in [0.1, 0.15) is 5.82 Å². The third-order valence-corrected chi connectivity index (χ3v) is 4.14. The number of hydrogen-bond acceptors (Lipinski definition) is 2. The molecule has 1 aliphatic carbocycles. The zero-order valence-electron chi connectivity index (χ0n) is 11.1. The Morgan fingerprint density at radius 2 is 2.00 bits per heavy atom. The van der Waals surface area contributed by atoms with Crippen molar-refractivity contribution in [3.05, 3.63) is 63.8 Å². The largest absolute Gasteiger partial charge is 0.310 e. The second kappa shape index (κ2) is 4.65. The molecule has 1 aromatic heterocycles. The van der Waals surface area contributed by atoms with Gasteiger partial charge in [0.15, 0.2) is 0 Å². The summed E-state index contributed by atoms with van der Waals surface area (Å²) >= 11 is 0. The molecule has 0 amide bonds. The van der Waals surface area contributed by atoms with E-state index >= 15 is 0 Å². The Labute approximate surface area is 112 Å². The number of benzene rings is 1. The van der Waals surface area contributed by atoms with Crippen molar-refractivity contribution in [3.8, 4) is 0 Å². The van der Waals surface area contributed by atoms with Crippen LogP contribution in [0.3, 0.4) is 0 Å². The number of hydrogen-bond donors (Lipinski definition) is 1. The Morgan fingerprint density at radius 3 is 2.58 bits per heavy atom. The fourth-order valence-electron chi connectivity index (χ4n) is 2.87. The molecule has 3 rings (SSSR count). The topological polar surface area (TPSA) is 45.8 Å². The van der Waals surface area contributed by atoms with E-state index in [9.17, 15) is 4.79 Å². The van der Waals surface area contributed by atoms with Crippen LogP contribution in [0, 0.1) is 0 Å². The van der Waals surface area contributed by atoms with E-state index in [0.717, 1.165) is 30.8 Å². The average molecular weight is 254 g/mol. The van der Waals surface area contributed by atoms with Gasteiger partial charge < -0.3 is 4.98 Å². The molecule has 0 spiro atoms. The maximum Gasteiger partial charge on any atom is 0.251 e. The highest BCUT2D eigenvalue weighted by Gasteiger charge is 2.42. The monoisotopic (exact) mass is 254 g/mol. The van der Waals surface area contributed by atoms with Gasteiger partial charge >= 0.3 is 0 Å². The lowest BCUT2D eigenvalue weighted by Crippen LogP contribution is -2.39. The van der Waals surface area contributed by atoms with Gasteiger partial charge in [-0.15, -0.1) is 0 Å². The van der Waals surface area contributed by atoms with Crippen LogP contribution in [0.25, 0.3) is 0 Å². The Bertz CT molecular complexity index is 627. The first-order valence-electron chi connectivity index (χ1n) is 6.91. The van der Waals surface area contributed by atoms with Gasteiger partial charge in [-0.2, -0.15) is 0 Å². The molecule has 0 unspecified atom stereocenters. The van der Waals surface area contributed by atoms with Gasteiger partial charge in [0.2, 0.25) is 0 Å². The minimum absolute atomic E-state index is 0.0379. The van der Waals surface area contributed by atoms with Crippen molar-refractivity contribution in [1.82, 2.24) is 9.97 Å². The molecule has 1 fully saturated rings. The fraction of sp³-hybridized carbons (Fsp3) is 0.375. The number of H-pyrrole nitrogens is 1. The zero-order chi connectivity index (χ0) is 13.3. The van der Waals surface area contributed by atoms with E-state index in [1.54, 1.807) is 6.07 Å². The smallest absolute Gasteiger partial charge is 0.251 e. The molecule has 0 atom stereocenters. The average Bonchev–Trinajstić information content (AvgIpc) is 2.38. The SMILES string of the molecule is CCc1cc(=O)[nH]c(C2(c3ccccc3)CCC2)n1. The molecule has 0 radical (unpaired) electrons. The lowest BCUT2D eigenvalue weighted by atomic mass is 9.64. The van der Waals surface area contributed by atoms with Crippen molar-refractivity contribution in [1.29, 1.82) is 0 Å². The van der Waals surface area contributed by atoms with Crippen LogP contribution in [-0.2, 0) is 11.8 Å². The summed E-state index contributed by atoms with van der Waals surface area (Å²) in [7, 11) is 0. The van der Waals surface area contributed by atoms with Crippen LogP contribution in [0.5, 0.6) is 0 Å². The van der Waals surface area contributed by atoms with Crippen LogP contribution in [0.2, 0.25) is 0 Å². The highest BCUT2D eigenvalue weighted by atomic mass is 16.1. The minimum atomic E-state index is -0.0778. The molecule has 1 N–H and O–H groups in total. The van der Waals surface area contributed by atoms with Crippen molar-refractivity contribution >= 4 is 0 Å². The molecule has 2 aromatic rings. The molecule has 0 bridgehead atoms. The van der Waals surface area contributed by atoms with Crippen molar-refractivity contribution < 1.29 is 0 Å². The van der Waals surface area contributed by atoms with Crippen LogP contribution in [-0.4, -0.2) is 9.97 Å². The van der Waals surface area contributed by atoms with Crippen molar-refractivity contribution in [2.75, 3.05) is 0 Å². The highest BCUT2D eigenvalue weighted by Crippen LogP contribution is 2.47. The number of rotatable bonds is 3. The van der Waals surface area contributed by atoms with Crippen LogP contribution in [0.4, 0.5) is 0 Å². The molecule has 3 nitrogen and oxygen atoms in total.